The molecule has 1 aliphatic rings. The summed E-state index contributed by atoms with van der Waals surface area (Å²) < 4.78 is 5.44. The molecule has 0 radical (unpaired) electrons. The van der Waals surface area contributed by atoms with Gasteiger partial charge in [0.25, 0.3) is 0 Å². The van der Waals surface area contributed by atoms with Gasteiger partial charge in [-0.3, -0.25) is 4.79 Å². The first-order valence-electron chi connectivity index (χ1n) is 5.73. The maximum atomic E-state index is 12.2. The molecule has 6 nitrogen and oxygen atoms in total. The van der Waals surface area contributed by atoms with E-state index in [-0.39, 0.29) is 22.1 Å². The molecule has 0 spiro atoms. The summed E-state index contributed by atoms with van der Waals surface area (Å²) in [7, 11) is 0. The second kappa shape index (κ2) is 3.83. The highest BCUT2D eigenvalue weighted by Gasteiger charge is 2.28. The lowest BCUT2D eigenvalue weighted by Crippen LogP contribution is -2.12. The normalized spacial score (nSPS) is 17.6. The van der Waals surface area contributed by atoms with E-state index in [0.717, 1.165) is 6.07 Å². The van der Waals surface area contributed by atoms with Crippen LogP contribution in [-0.4, -0.2) is 21.3 Å². The van der Waals surface area contributed by atoms with Crippen LogP contribution in [0.1, 0.15) is 34.2 Å². The lowest BCUT2D eigenvalue weighted by molar-refractivity contribution is 0.0696. The van der Waals surface area contributed by atoms with Crippen LogP contribution in [0.5, 0.6) is 5.75 Å². The molecule has 1 heterocycles. The minimum atomic E-state index is -1.22. The highest BCUT2D eigenvalue weighted by Crippen LogP contribution is 2.33. The fourth-order valence-corrected chi connectivity index (χ4v) is 2.42. The molecule has 3 N–H and O–H groups in total. The number of benzene rings is 1. The summed E-state index contributed by atoms with van der Waals surface area (Å²) in [5, 5.41) is 28.3. The van der Waals surface area contributed by atoms with Crippen molar-refractivity contribution in [2.45, 2.75) is 18.9 Å². The van der Waals surface area contributed by atoms with Crippen molar-refractivity contribution < 1.29 is 24.5 Å². The van der Waals surface area contributed by atoms with E-state index < -0.39 is 23.3 Å². The van der Waals surface area contributed by atoms with Gasteiger partial charge in [0.15, 0.2) is 0 Å². The molecule has 0 amide bonds. The number of hydrogen-bond acceptors (Lipinski definition) is 5. The third kappa shape index (κ3) is 1.61. The van der Waals surface area contributed by atoms with Gasteiger partial charge < -0.3 is 19.7 Å². The van der Waals surface area contributed by atoms with Crippen molar-refractivity contribution in [1.29, 1.82) is 0 Å². The zero-order chi connectivity index (χ0) is 13.7. The molecule has 1 aromatic carbocycles. The molecule has 0 bridgehead atoms. The molecule has 1 aliphatic carbocycles. The Morgan fingerprint density at radius 1 is 1.37 bits per heavy atom. The SMILES string of the molecule is O=C(O)c1cc(O)c2c(=O)c3c(oc2c1)CC[C@@H]3O. The van der Waals surface area contributed by atoms with Gasteiger partial charge in [0.1, 0.15) is 22.5 Å². The van der Waals surface area contributed by atoms with Crippen molar-refractivity contribution in [2.75, 3.05) is 0 Å². The van der Waals surface area contributed by atoms with Gasteiger partial charge in [-0.05, 0) is 18.6 Å². The number of aryl methyl sites for hydroxylation is 1. The summed E-state index contributed by atoms with van der Waals surface area (Å²) in [5.74, 6) is -1.32. The average molecular weight is 262 g/mol. The van der Waals surface area contributed by atoms with Crippen molar-refractivity contribution in [3.63, 3.8) is 0 Å². The fourth-order valence-electron chi connectivity index (χ4n) is 2.42. The molecule has 6 heteroatoms. The molecule has 98 valence electrons. The number of hydrogen-bond donors (Lipinski definition) is 3. The standard InChI is InChI=1S/C13H10O6/c14-6-1-2-8-10(6)12(16)11-7(15)3-5(13(17)18)4-9(11)19-8/h3-4,6,14-15H,1-2H2,(H,17,18)/t6-/m0/s1. The minimum Gasteiger partial charge on any atom is -0.507 e. The minimum absolute atomic E-state index is 0.0234. The van der Waals surface area contributed by atoms with Crippen LogP contribution in [0.2, 0.25) is 0 Å². The van der Waals surface area contributed by atoms with E-state index in [4.69, 9.17) is 9.52 Å². The summed E-state index contributed by atoms with van der Waals surface area (Å²) in [5.41, 5.74) is -0.483. The number of aromatic hydroxyl groups is 1. The summed E-state index contributed by atoms with van der Waals surface area (Å²) >= 11 is 0. The number of phenolic OH excluding ortho intramolecular Hbond substituents is 1. The van der Waals surface area contributed by atoms with Crippen LogP contribution in [0.4, 0.5) is 0 Å². The van der Waals surface area contributed by atoms with Crippen molar-refractivity contribution in [2.24, 2.45) is 0 Å². The van der Waals surface area contributed by atoms with Gasteiger partial charge in [-0.25, -0.2) is 4.79 Å². The van der Waals surface area contributed by atoms with E-state index in [1.807, 2.05) is 0 Å². The van der Waals surface area contributed by atoms with Gasteiger partial charge in [0, 0.05) is 6.42 Å². The fraction of sp³-hybridized carbons (Fsp3) is 0.231. The van der Waals surface area contributed by atoms with Crippen LogP contribution in [0, 0.1) is 0 Å². The van der Waals surface area contributed by atoms with Gasteiger partial charge in [-0.15, -0.1) is 0 Å². The lowest BCUT2D eigenvalue weighted by Gasteiger charge is -2.07. The molecule has 0 saturated heterocycles. The molecule has 3 rings (SSSR count). The number of aromatic carboxylic acids is 1. The predicted molar refractivity (Wildman–Crippen MR) is 64.4 cm³/mol. The zero-order valence-corrected chi connectivity index (χ0v) is 9.71. The molecule has 2 aromatic rings. The molecule has 1 atom stereocenters. The van der Waals surface area contributed by atoms with E-state index in [0.29, 0.717) is 18.6 Å². The Morgan fingerprint density at radius 3 is 2.79 bits per heavy atom. The molecule has 0 aliphatic heterocycles. The maximum absolute atomic E-state index is 12.2. The number of carbonyl (C=O) groups is 1. The zero-order valence-electron chi connectivity index (χ0n) is 9.71. The third-order valence-corrected chi connectivity index (χ3v) is 3.31. The largest absolute Gasteiger partial charge is 0.507 e. The van der Waals surface area contributed by atoms with Crippen molar-refractivity contribution in [3.8, 4) is 5.75 Å². The number of fused-ring (bicyclic) bond motifs is 2. The van der Waals surface area contributed by atoms with E-state index in [1.54, 1.807) is 0 Å². The van der Waals surface area contributed by atoms with Gasteiger partial charge in [-0.2, -0.15) is 0 Å². The Labute approximate surface area is 106 Å². The molecule has 0 unspecified atom stereocenters. The monoisotopic (exact) mass is 262 g/mol. The van der Waals surface area contributed by atoms with Gasteiger partial charge in [0.05, 0.1) is 17.2 Å². The van der Waals surface area contributed by atoms with E-state index in [2.05, 4.69) is 0 Å². The lowest BCUT2D eigenvalue weighted by atomic mass is 10.1. The molecule has 1 aromatic heterocycles. The number of rotatable bonds is 1. The Morgan fingerprint density at radius 2 is 2.11 bits per heavy atom. The average Bonchev–Trinajstić information content (AvgIpc) is 2.70. The predicted octanol–water partition coefficient (Wildman–Crippen LogP) is 1.18. The van der Waals surface area contributed by atoms with Gasteiger partial charge in [0.2, 0.25) is 5.43 Å². The smallest absolute Gasteiger partial charge is 0.335 e. The quantitative estimate of drug-likeness (QED) is 0.712. The van der Waals surface area contributed by atoms with Crippen LogP contribution in [-0.2, 0) is 6.42 Å². The Hall–Kier alpha value is -2.34. The second-order valence-electron chi connectivity index (χ2n) is 4.50. The summed E-state index contributed by atoms with van der Waals surface area (Å²) in [6.45, 7) is 0. The number of carboxylic acids is 1. The molecular weight excluding hydrogens is 252 g/mol. The highest BCUT2D eigenvalue weighted by molar-refractivity contribution is 5.95. The Bertz CT molecular complexity index is 758. The van der Waals surface area contributed by atoms with Crippen LogP contribution < -0.4 is 5.43 Å². The molecule has 0 saturated carbocycles. The number of phenols is 1. The first kappa shape index (κ1) is 11.7. The topological polar surface area (TPSA) is 108 Å². The van der Waals surface area contributed by atoms with Crippen LogP contribution in [0.25, 0.3) is 11.0 Å². The summed E-state index contributed by atoms with van der Waals surface area (Å²) in [6.07, 6.45) is -0.0920. The molecule has 0 fully saturated rings. The Balaban J connectivity index is 2.42. The highest BCUT2D eigenvalue weighted by atomic mass is 16.4. The van der Waals surface area contributed by atoms with Crippen LogP contribution in [0.3, 0.4) is 0 Å². The van der Waals surface area contributed by atoms with Crippen molar-refractivity contribution in [3.05, 3.63) is 39.2 Å². The van der Waals surface area contributed by atoms with Crippen molar-refractivity contribution >= 4 is 16.9 Å². The maximum Gasteiger partial charge on any atom is 0.335 e. The van der Waals surface area contributed by atoms with E-state index in [9.17, 15) is 19.8 Å². The van der Waals surface area contributed by atoms with Crippen LogP contribution in [0.15, 0.2) is 21.3 Å². The first-order valence-corrected chi connectivity index (χ1v) is 5.73. The molecule has 19 heavy (non-hydrogen) atoms. The second-order valence-corrected chi connectivity index (χ2v) is 4.50. The summed E-state index contributed by atoms with van der Waals surface area (Å²) in [4.78, 5) is 23.1. The van der Waals surface area contributed by atoms with Crippen LogP contribution >= 0.6 is 0 Å². The third-order valence-electron chi connectivity index (χ3n) is 3.31. The molecular formula is C13H10O6. The van der Waals surface area contributed by atoms with Crippen molar-refractivity contribution in [1.82, 2.24) is 0 Å². The number of aliphatic hydroxyl groups excluding tert-OH is 1. The first-order chi connectivity index (χ1) is 8.99. The van der Waals surface area contributed by atoms with E-state index in [1.165, 1.54) is 6.07 Å². The number of aliphatic hydroxyl groups is 1. The Kier molecular flexibility index (Phi) is 2.36. The van der Waals surface area contributed by atoms with Gasteiger partial charge >= 0.3 is 5.97 Å². The number of carboxylic acid groups (broad SMARTS) is 1. The summed E-state index contributed by atoms with van der Waals surface area (Å²) in [6, 6.07) is 2.19. The van der Waals surface area contributed by atoms with Gasteiger partial charge in [-0.1, -0.05) is 0 Å². The van der Waals surface area contributed by atoms with E-state index >= 15 is 0 Å².